The van der Waals surface area contributed by atoms with Crippen molar-refractivity contribution in [1.82, 2.24) is 4.98 Å². The van der Waals surface area contributed by atoms with Gasteiger partial charge in [0.25, 0.3) is 0 Å². The van der Waals surface area contributed by atoms with Crippen molar-refractivity contribution in [2.45, 2.75) is 13.0 Å². The molecule has 2 rings (SSSR count). The van der Waals surface area contributed by atoms with Crippen molar-refractivity contribution in [3.05, 3.63) is 29.3 Å². The third kappa shape index (κ3) is 2.40. The van der Waals surface area contributed by atoms with Crippen LogP contribution in [0, 0.1) is 0 Å². The van der Waals surface area contributed by atoms with Crippen molar-refractivity contribution >= 4 is 11.3 Å². The number of aromatic nitrogens is 1. The molecule has 0 aliphatic carbocycles. The molecule has 17 heavy (non-hydrogen) atoms. The highest BCUT2D eigenvalue weighted by Gasteiger charge is 2.10. The van der Waals surface area contributed by atoms with E-state index in [-0.39, 0.29) is 11.8 Å². The van der Waals surface area contributed by atoms with Gasteiger partial charge < -0.3 is 15.6 Å². The summed E-state index contributed by atoms with van der Waals surface area (Å²) in [6.07, 6.45) is 0. The summed E-state index contributed by atoms with van der Waals surface area (Å²) >= 11 is 1.51. The van der Waals surface area contributed by atoms with E-state index >= 15 is 0 Å². The Hall–Kier alpha value is -1.59. The maximum Gasteiger partial charge on any atom is 0.160 e. The second-order valence-corrected chi connectivity index (χ2v) is 4.61. The van der Waals surface area contributed by atoms with Crippen LogP contribution in [-0.4, -0.2) is 17.2 Å². The number of nitrogens with zero attached hydrogens (tertiary/aromatic N) is 1. The maximum absolute atomic E-state index is 9.70. The Morgan fingerprint density at radius 2 is 2.24 bits per heavy atom. The van der Waals surface area contributed by atoms with Crippen LogP contribution in [0.2, 0.25) is 0 Å². The summed E-state index contributed by atoms with van der Waals surface area (Å²) in [4.78, 5) is 4.42. The Kier molecular flexibility index (Phi) is 3.31. The first kappa shape index (κ1) is 11.9. The van der Waals surface area contributed by atoms with Gasteiger partial charge in [0.15, 0.2) is 11.5 Å². The van der Waals surface area contributed by atoms with Crippen molar-refractivity contribution < 1.29 is 9.84 Å². The number of methoxy groups -OCH3 is 1. The number of phenols is 1. The summed E-state index contributed by atoms with van der Waals surface area (Å²) in [5, 5.41) is 12.5. The van der Waals surface area contributed by atoms with Gasteiger partial charge in [0, 0.05) is 17.0 Å². The van der Waals surface area contributed by atoms with Crippen molar-refractivity contribution in [3.8, 4) is 22.1 Å². The van der Waals surface area contributed by atoms with E-state index in [0.717, 1.165) is 16.3 Å². The third-order valence-corrected chi connectivity index (χ3v) is 3.32. The van der Waals surface area contributed by atoms with Gasteiger partial charge in [-0.15, -0.1) is 11.3 Å². The lowest BCUT2D eigenvalue weighted by molar-refractivity contribution is 0.373. The minimum Gasteiger partial charge on any atom is -0.504 e. The molecule has 0 saturated heterocycles. The summed E-state index contributed by atoms with van der Waals surface area (Å²) in [6.45, 7) is 1.89. The highest BCUT2D eigenvalue weighted by Crippen LogP contribution is 2.33. The van der Waals surface area contributed by atoms with Crippen LogP contribution in [0.3, 0.4) is 0 Å². The summed E-state index contributed by atoms with van der Waals surface area (Å²) in [7, 11) is 1.52. The molecule has 0 bridgehead atoms. The SMILES string of the molecule is COc1ccc(-c2nc(C(C)N)cs2)cc1O. The van der Waals surface area contributed by atoms with E-state index in [1.807, 2.05) is 18.4 Å². The molecular formula is C12H14N2O2S. The number of benzene rings is 1. The first-order valence-corrected chi connectivity index (χ1v) is 6.08. The number of ether oxygens (including phenoxy) is 1. The molecule has 1 unspecified atom stereocenters. The molecular weight excluding hydrogens is 236 g/mol. The number of hydrogen-bond acceptors (Lipinski definition) is 5. The van der Waals surface area contributed by atoms with Gasteiger partial charge in [-0.2, -0.15) is 0 Å². The van der Waals surface area contributed by atoms with Gasteiger partial charge in [-0.3, -0.25) is 0 Å². The Bertz CT molecular complexity index is 523. The standard InChI is InChI=1S/C12H14N2O2S/c1-7(13)9-6-17-12(14-9)8-3-4-11(16-2)10(15)5-8/h3-7,15H,13H2,1-2H3. The van der Waals surface area contributed by atoms with Crippen LogP contribution >= 0.6 is 11.3 Å². The molecule has 0 radical (unpaired) electrons. The van der Waals surface area contributed by atoms with E-state index in [1.165, 1.54) is 18.4 Å². The zero-order chi connectivity index (χ0) is 12.4. The number of aromatic hydroxyl groups is 1. The van der Waals surface area contributed by atoms with Gasteiger partial charge in [0.05, 0.1) is 12.8 Å². The van der Waals surface area contributed by atoms with Gasteiger partial charge >= 0.3 is 0 Å². The highest BCUT2D eigenvalue weighted by molar-refractivity contribution is 7.13. The number of nitrogens with two attached hydrogens (primary N) is 1. The molecule has 5 heteroatoms. The van der Waals surface area contributed by atoms with Gasteiger partial charge in [0.2, 0.25) is 0 Å². The van der Waals surface area contributed by atoms with E-state index in [0.29, 0.717) is 5.75 Å². The lowest BCUT2D eigenvalue weighted by Crippen LogP contribution is -2.04. The van der Waals surface area contributed by atoms with Crippen molar-refractivity contribution in [2.75, 3.05) is 7.11 Å². The summed E-state index contributed by atoms with van der Waals surface area (Å²) < 4.78 is 4.99. The monoisotopic (exact) mass is 250 g/mol. The number of phenolic OH excluding ortho intramolecular Hbond substituents is 1. The van der Waals surface area contributed by atoms with Gasteiger partial charge in [-0.1, -0.05) is 0 Å². The van der Waals surface area contributed by atoms with Gasteiger partial charge in [0.1, 0.15) is 5.01 Å². The zero-order valence-corrected chi connectivity index (χ0v) is 10.5. The van der Waals surface area contributed by atoms with Crippen LogP contribution in [0.5, 0.6) is 11.5 Å². The van der Waals surface area contributed by atoms with Crippen LogP contribution in [0.4, 0.5) is 0 Å². The molecule has 0 aliphatic heterocycles. The van der Waals surface area contributed by atoms with Crippen LogP contribution in [0.15, 0.2) is 23.6 Å². The number of rotatable bonds is 3. The minimum atomic E-state index is -0.0770. The lowest BCUT2D eigenvalue weighted by atomic mass is 10.2. The third-order valence-electron chi connectivity index (χ3n) is 2.41. The van der Waals surface area contributed by atoms with E-state index in [1.54, 1.807) is 12.1 Å². The lowest BCUT2D eigenvalue weighted by Gasteiger charge is -2.04. The molecule has 3 N–H and O–H groups in total. The molecule has 1 atom stereocenters. The average molecular weight is 250 g/mol. The zero-order valence-electron chi connectivity index (χ0n) is 9.68. The van der Waals surface area contributed by atoms with Crippen LogP contribution in [0.25, 0.3) is 10.6 Å². The van der Waals surface area contributed by atoms with Gasteiger partial charge in [-0.25, -0.2) is 4.98 Å². The average Bonchev–Trinajstić information content (AvgIpc) is 2.78. The second-order valence-electron chi connectivity index (χ2n) is 3.75. The fraction of sp³-hybridized carbons (Fsp3) is 0.250. The molecule has 0 aliphatic rings. The van der Waals surface area contributed by atoms with Crippen LogP contribution < -0.4 is 10.5 Å². The number of hydrogen-bond donors (Lipinski definition) is 2. The first-order chi connectivity index (χ1) is 8.11. The van der Waals surface area contributed by atoms with E-state index < -0.39 is 0 Å². The fourth-order valence-electron chi connectivity index (χ4n) is 1.45. The molecule has 1 heterocycles. The first-order valence-electron chi connectivity index (χ1n) is 5.20. The molecule has 1 aromatic heterocycles. The molecule has 4 nitrogen and oxygen atoms in total. The predicted molar refractivity (Wildman–Crippen MR) is 68.4 cm³/mol. The molecule has 90 valence electrons. The van der Waals surface area contributed by atoms with E-state index in [9.17, 15) is 5.11 Å². The quantitative estimate of drug-likeness (QED) is 0.878. The Morgan fingerprint density at radius 1 is 1.47 bits per heavy atom. The molecule has 0 spiro atoms. The molecule has 1 aromatic carbocycles. The summed E-state index contributed by atoms with van der Waals surface area (Å²) in [5.74, 6) is 0.570. The minimum absolute atomic E-state index is 0.0770. The summed E-state index contributed by atoms with van der Waals surface area (Å²) in [6, 6.07) is 5.15. The Morgan fingerprint density at radius 3 is 2.76 bits per heavy atom. The molecule has 2 aromatic rings. The van der Waals surface area contributed by atoms with Crippen molar-refractivity contribution in [1.29, 1.82) is 0 Å². The van der Waals surface area contributed by atoms with Crippen molar-refractivity contribution in [2.24, 2.45) is 5.73 Å². The van der Waals surface area contributed by atoms with Crippen LogP contribution in [-0.2, 0) is 0 Å². The predicted octanol–water partition coefficient (Wildman–Crippen LogP) is 2.54. The molecule has 0 saturated carbocycles. The maximum atomic E-state index is 9.70. The molecule has 0 amide bonds. The van der Waals surface area contributed by atoms with Crippen LogP contribution in [0.1, 0.15) is 18.7 Å². The summed E-state index contributed by atoms with van der Waals surface area (Å²) in [5.41, 5.74) is 7.48. The highest BCUT2D eigenvalue weighted by atomic mass is 32.1. The van der Waals surface area contributed by atoms with E-state index in [2.05, 4.69) is 4.98 Å². The van der Waals surface area contributed by atoms with Crippen molar-refractivity contribution in [3.63, 3.8) is 0 Å². The normalized spacial score (nSPS) is 12.4. The Balaban J connectivity index is 2.36. The van der Waals surface area contributed by atoms with Gasteiger partial charge in [-0.05, 0) is 25.1 Å². The Labute approximate surface area is 104 Å². The largest absolute Gasteiger partial charge is 0.504 e. The smallest absolute Gasteiger partial charge is 0.160 e. The fourth-order valence-corrected chi connectivity index (χ4v) is 2.37. The molecule has 0 fully saturated rings. The topological polar surface area (TPSA) is 68.4 Å². The second kappa shape index (κ2) is 4.73. The van der Waals surface area contributed by atoms with E-state index in [4.69, 9.17) is 10.5 Å². The number of thiazole rings is 1.